The van der Waals surface area contributed by atoms with E-state index < -0.39 is 11.6 Å². The van der Waals surface area contributed by atoms with Crippen molar-refractivity contribution in [3.05, 3.63) is 35.9 Å². The molecular formula is C21H29N3O3. The SMILES string of the molecule is CCC[C@@H](NC(=O)CN1C(=O)NC2(CCC(C)CC2)C1=O)c1ccccc1. The maximum Gasteiger partial charge on any atom is 0.325 e. The minimum absolute atomic E-state index is 0.117. The van der Waals surface area contributed by atoms with Gasteiger partial charge in [-0.1, -0.05) is 50.6 Å². The Morgan fingerprint density at radius 1 is 1.26 bits per heavy atom. The molecule has 0 aromatic heterocycles. The highest BCUT2D eigenvalue weighted by Crippen LogP contribution is 2.36. The van der Waals surface area contributed by atoms with Crippen molar-refractivity contribution in [3.8, 4) is 0 Å². The zero-order chi connectivity index (χ0) is 19.4. The molecule has 1 aliphatic heterocycles. The fourth-order valence-electron chi connectivity index (χ4n) is 4.09. The number of hydrogen-bond donors (Lipinski definition) is 2. The van der Waals surface area contributed by atoms with Crippen molar-refractivity contribution in [1.29, 1.82) is 0 Å². The summed E-state index contributed by atoms with van der Waals surface area (Å²) in [5.74, 6) is 0.0154. The van der Waals surface area contributed by atoms with Crippen LogP contribution in [0.3, 0.4) is 0 Å². The third kappa shape index (κ3) is 4.15. The second-order valence-corrected chi connectivity index (χ2v) is 7.91. The number of nitrogens with one attached hydrogen (secondary N) is 2. The Hall–Kier alpha value is -2.37. The van der Waals surface area contributed by atoms with Gasteiger partial charge < -0.3 is 10.6 Å². The van der Waals surface area contributed by atoms with Crippen LogP contribution >= 0.6 is 0 Å². The van der Waals surface area contributed by atoms with Crippen LogP contribution in [0.5, 0.6) is 0 Å². The van der Waals surface area contributed by atoms with Crippen LogP contribution in [0.1, 0.15) is 64.0 Å². The summed E-state index contributed by atoms with van der Waals surface area (Å²) in [6.45, 7) is 4.00. The van der Waals surface area contributed by atoms with E-state index in [0.717, 1.165) is 36.1 Å². The summed E-state index contributed by atoms with van der Waals surface area (Å²) in [6.07, 6.45) is 4.86. The van der Waals surface area contributed by atoms with Gasteiger partial charge in [0.25, 0.3) is 5.91 Å². The van der Waals surface area contributed by atoms with Crippen LogP contribution in [0.2, 0.25) is 0 Å². The first-order valence-electron chi connectivity index (χ1n) is 9.93. The summed E-state index contributed by atoms with van der Waals surface area (Å²) < 4.78 is 0. The first-order valence-corrected chi connectivity index (χ1v) is 9.93. The largest absolute Gasteiger partial charge is 0.348 e. The number of carbonyl (C=O) groups excluding carboxylic acids is 3. The molecule has 1 aromatic rings. The molecule has 1 heterocycles. The number of hydrogen-bond acceptors (Lipinski definition) is 3. The molecule has 1 spiro atoms. The summed E-state index contributed by atoms with van der Waals surface area (Å²) >= 11 is 0. The fourth-order valence-corrected chi connectivity index (χ4v) is 4.09. The molecule has 1 aromatic carbocycles. The fraction of sp³-hybridized carbons (Fsp3) is 0.571. The van der Waals surface area contributed by atoms with Gasteiger partial charge in [0.1, 0.15) is 12.1 Å². The van der Waals surface area contributed by atoms with Crippen molar-refractivity contribution < 1.29 is 14.4 Å². The predicted molar refractivity (Wildman–Crippen MR) is 103 cm³/mol. The second kappa shape index (κ2) is 8.11. The normalized spacial score (nSPS) is 26.1. The van der Waals surface area contributed by atoms with Gasteiger partial charge in [-0.3, -0.25) is 14.5 Å². The third-order valence-corrected chi connectivity index (χ3v) is 5.79. The van der Waals surface area contributed by atoms with Gasteiger partial charge in [0.2, 0.25) is 5.91 Å². The van der Waals surface area contributed by atoms with E-state index >= 15 is 0 Å². The second-order valence-electron chi connectivity index (χ2n) is 7.91. The van der Waals surface area contributed by atoms with E-state index in [1.54, 1.807) is 0 Å². The smallest absolute Gasteiger partial charge is 0.325 e. The van der Waals surface area contributed by atoms with Gasteiger partial charge in [0, 0.05) is 0 Å². The molecule has 1 atom stereocenters. The minimum Gasteiger partial charge on any atom is -0.348 e. The lowest BCUT2D eigenvalue weighted by molar-refractivity contribution is -0.136. The Morgan fingerprint density at radius 2 is 1.93 bits per heavy atom. The Labute approximate surface area is 160 Å². The molecule has 0 unspecified atom stereocenters. The van der Waals surface area contributed by atoms with Gasteiger partial charge in [-0.15, -0.1) is 0 Å². The van der Waals surface area contributed by atoms with Gasteiger partial charge in [0.15, 0.2) is 0 Å². The van der Waals surface area contributed by atoms with Crippen LogP contribution in [0, 0.1) is 5.92 Å². The first-order chi connectivity index (χ1) is 12.9. The molecule has 3 rings (SSSR count). The van der Waals surface area contributed by atoms with E-state index in [9.17, 15) is 14.4 Å². The van der Waals surface area contributed by atoms with Crippen LogP contribution in [0.25, 0.3) is 0 Å². The van der Waals surface area contributed by atoms with E-state index in [1.807, 2.05) is 30.3 Å². The lowest BCUT2D eigenvalue weighted by Crippen LogP contribution is -2.50. The Balaban J connectivity index is 1.64. The predicted octanol–water partition coefficient (Wildman–Crippen LogP) is 3.14. The highest BCUT2D eigenvalue weighted by Gasteiger charge is 2.52. The summed E-state index contributed by atoms with van der Waals surface area (Å²) in [6, 6.07) is 9.21. The van der Waals surface area contributed by atoms with Crippen molar-refractivity contribution in [2.24, 2.45) is 5.92 Å². The van der Waals surface area contributed by atoms with Crippen molar-refractivity contribution in [2.45, 2.75) is 64.0 Å². The van der Waals surface area contributed by atoms with Gasteiger partial charge in [-0.05, 0) is 43.6 Å². The van der Waals surface area contributed by atoms with Crippen molar-refractivity contribution in [1.82, 2.24) is 15.5 Å². The molecule has 1 saturated heterocycles. The highest BCUT2D eigenvalue weighted by molar-refractivity contribution is 6.09. The van der Waals surface area contributed by atoms with E-state index in [0.29, 0.717) is 18.8 Å². The average Bonchev–Trinajstić information content (AvgIpc) is 2.89. The standard InChI is InChI=1S/C21H29N3O3/c1-3-7-17(16-8-5-4-6-9-16)22-18(25)14-24-19(26)21(23-20(24)27)12-10-15(2)11-13-21/h4-6,8-9,15,17H,3,7,10-14H2,1-2H3,(H,22,25)(H,23,27)/t15?,17-,21?/m1/s1. The van der Waals surface area contributed by atoms with Crippen molar-refractivity contribution >= 4 is 17.8 Å². The summed E-state index contributed by atoms with van der Waals surface area (Å²) in [4.78, 5) is 38.9. The molecule has 1 aliphatic carbocycles. The molecule has 2 N–H and O–H groups in total. The van der Waals surface area contributed by atoms with Crippen LogP contribution in [-0.4, -0.2) is 34.8 Å². The maximum atomic E-state index is 12.9. The molecular weight excluding hydrogens is 342 g/mol. The molecule has 0 bridgehead atoms. The minimum atomic E-state index is -0.799. The third-order valence-electron chi connectivity index (χ3n) is 5.79. The van der Waals surface area contributed by atoms with Crippen molar-refractivity contribution in [3.63, 3.8) is 0 Å². The Kier molecular flexibility index (Phi) is 5.82. The Bertz CT molecular complexity index is 696. The maximum absolute atomic E-state index is 12.9. The van der Waals surface area contributed by atoms with Gasteiger partial charge >= 0.3 is 6.03 Å². The molecule has 2 aliphatic rings. The monoisotopic (exact) mass is 371 g/mol. The number of benzene rings is 1. The van der Waals surface area contributed by atoms with Crippen LogP contribution in [0.4, 0.5) is 4.79 Å². The molecule has 4 amide bonds. The summed E-state index contributed by atoms with van der Waals surface area (Å²) in [5.41, 5.74) is 0.231. The lowest BCUT2D eigenvalue weighted by atomic mass is 9.77. The number of amides is 4. The summed E-state index contributed by atoms with van der Waals surface area (Å²) in [7, 11) is 0. The van der Waals surface area contributed by atoms with Crippen LogP contribution in [-0.2, 0) is 9.59 Å². The summed E-state index contributed by atoms with van der Waals surface area (Å²) in [5, 5.41) is 5.85. The Morgan fingerprint density at radius 3 is 2.56 bits per heavy atom. The van der Waals surface area contributed by atoms with E-state index in [4.69, 9.17) is 0 Å². The number of nitrogens with zero attached hydrogens (tertiary/aromatic N) is 1. The zero-order valence-electron chi connectivity index (χ0n) is 16.2. The first kappa shape index (κ1) is 19.4. The van der Waals surface area contributed by atoms with Gasteiger partial charge in [-0.2, -0.15) is 0 Å². The van der Waals surface area contributed by atoms with E-state index in [1.165, 1.54) is 0 Å². The number of rotatable bonds is 6. The zero-order valence-corrected chi connectivity index (χ0v) is 16.2. The molecule has 0 radical (unpaired) electrons. The number of imide groups is 1. The number of carbonyl (C=O) groups is 3. The van der Waals surface area contributed by atoms with Crippen LogP contribution in [0.15, 0.2) is 30.3 Å². The van der Waals surface area contributed by atoms with E-state index in [-0.39, 0.29) is 24.4 Å². The highest BCUT2D eigenvalue weighted by atomic mass is 16.2. The quantitative estimate of drug-likeness (QED) is 0.754. The molecule has 6 heteroatoms. The molecule has 6 nitrogen and oxygen atoms in total. The average molecular weight is 371 g/mol. The van der Waals surface area contributed by atoms with Crippen molar-refractivity contribution in [2.75, 3.05) is 6.54 Å². The van der Waals surface area contributed by atoms with Crippen LogP contribution < -0.4 is 10.6 Å². The molecule has 2 fully saturated rings. The van der Waals surface area contributed by atoms with Gasteiger partial charge in [0.05, 0.1) is 6.04 Å². The molecule has 146 valence electrons. The molecule has 27 heavy (non-hydrogen) atoms. The van der Waals surface area contributed by atoms with E-state index in [2.05, 4.69) is 24.5 Å². The number of urea groups is 1. The lowest BCUT2D eigenvalue weighted by Gasteiger charge is -2.33. The molecule has 1 saturated carbocycles. The van der Waals surface area contributed by atoms with Gasteiger partial charge in [-0.25, -0.2) is 4.79 Å². The topological polar surface area (TPSA) is 78.5 Å².